The Bertz CT molecular complexity index is 1190. The Morgan fingerprint density at radius 2 is 1.51 bits per heavy atom. The molecule has 7 heteroatoms. The number of rotatable bonds is 7. The van der Waals surface area contributed by atoms with Crippen molar-refractivity contribution >= 4 is 45.8 Å². The Kier molecular flexibility index (Phi) is 8.28. The number of methoxy groups -OCH3 is 1. The molecular formula is C28H33ClN2O4. The van der Waals surface area contributed by atoms with E-state index >= 15 is 0 Å². The number of benzene rings is 3. The van der Waals surface area contributed by atoms with Crippen LogP contribution < -0.4 is 9.80 Å². The van der Waals surface area contributed by atoms with Gasteiger partial charge in [0.25, 0.3) is 0 Å². The standard InChI is InChI=1S/C28H33ClN2O4/c1-19(17-26(32)34-6)31(18-20-11-13-21(29)14-12-20)25-16-15-24(22-9-7-8-10-23(22)25)30(5)27(33)35-28(2,3)4/h7-16,19H,17-18H2,1-6H3/t19-/m0/s1. The van der Waals surface area contributed by atoms with Crippen LogP contribution in [0.5, 0.6) is 0 Å². The number of ether oxygens (including phenoxy) is 2. The maximum atomic E-state index is 12.8. The van der Waals surface area contributed by atoms with Crippen molar-refractivity contribution in [1.82, 2.24) is 0 Å². The van der Waals surface area contributed by atoms with Gasteiger partial charge in [0, 0.05) is 41.1 Å². The number of fused-ring (bicyclic) bond motifs is 1. The van der Waals surface area contributed by atoms with Gasteiger partial charge < -0.3 is 14.4 Å². The van der Waals surface area contributed by atoms with Gasteiger partial charge in [-0.25, -0.2) is 4.79 Å². The first-order valence-corrected chi connectivity index (χ1v) is 11.9. The Hall–Kier alpha value is -3.25. The molecule has 1 atom stereocenters. The molecule has 0 spiro atoms. The van der Waals surface area contributed by atoms with Gasteiger partial charge in [-0.05, 0) is 57.5 Å². The summed E-state index contributed by atoms with van der Waals surface area (Å²) in [7, 11) is 3.11. The summed E-state index contributed by atoms with van der Waals surface area (Å²) in [5, 5.41) is 2.54. The van der Waals surface area contributed by atoms with E-state index in [1.165, 1.54) is 12.0 Å². The predicted octanol–water partition coefficient (Wildman–Crippen LogP) is 6.82. The molecule has 0 aromatic heterocycles. The molecule has 6 nitrogen and oxygen atoms in total. The molecule has 0 saturated heterocycles. The molecule has 3 rings (SSSR count). The van der Waals surface area contributed by atoms with Gasteiger partial charge in [-0.15, -0.1) is 0 Å². The Balaban J connectivity index is 2.07. The lowest BCUT2D eigenvalue weighted by Crippen LogP contribution is -2.35. The number of carbonyl (C=O) groups excluding carboxylic acids is 2. The zero-order valence-corrected chi connectivity index (χ0v) is 21.9. The van der Waals surface area contributed by atoms with Crippen LogP contribution in [0.25, 0.3) is 10.8 Å². The summed E-state index contributed by atoms with van der Waals surface area (Å²) in [4.78, 5) is 28.6. The van der Waals surface area contributed by atoms with Crippen LogP contribution in [0, 0.1) is 0 Å². The van der Waals surface area contributed by atoms with E-state index in [0.717, 1.165) is 27.7 Å². The van der Waals surface area contributed by atoms with Crippen LogP contribution in [0.3, 0.4) is 0 Å². The number of esters is 1. The Labute approximate surface area is 212 Å². The lowest BCUT2D eigenvalue weighted by Gasteiger charge is -2.33. The van der Waals surface area contributed by atoms with Crippen LogP contribution in [0.4, 0.5) is 16.2 Å². The Morgan fingerprint density at radius 1 is 0.943 bits per heavy atom. The van der Waals surface area contributed by atoms with Gasteiger partial charge in [-0.1, -0.05) is 48.0 Å². The largest absolute Gasteiger partial charge is 0.469 e. The van der Waals surface area contributed by atoms with Gasteiger partial charge in [0.15, 0.2) is 0 Å². The number of nitrogens with zero attached hydrogens (tertiary/aromatic N) is 2. The van der Waals surface area contributed by atoms with Gasteiger partial charge in [0.1, 0.15) is 5.60 Å². The van der Waals surface area contributed by atoms with Gasteiger partial charge >= 0.3 is 12.1 Å². The third-order valence-corrected chi connectivity index (χ3v) is 5.96. The van der Waals surface area contributed by atoms with Crippen molar-refractivity contribution in [2.24, 2.45) is 0 Å². The molecule has 0 fully saturated rings. The van der Waals surface area contributed by atoms with Crippen molar-refractivity contribution in [2.45, 2.75) is 52.3 Å². The molecule has 0 aliphatic rings. The molecular weight excluding hydrogens is 464 g/mol. The van der Waals surface area contributed by atoms with E-state index < -0.39 is 11.7 Å². The van der Waals surface area contributed by atoms with E-state index in [2.05, 4.69) is 4.90 Å². The minimum Gasteiger partial charge on any atom is -0.469 e. The van der Waals surface area contributed by atoms with Gasteiger partial charge in [-0.2, -0.15) is 0 Å². The Morgan fingerprint density at radius 3 is 2.09 bits per heavy atom. The van der Waals surface area contributed by atoms with Gasteiger partial charge in [0.05, 0.1) is 19.2 Å². The molecule has 0 aliphatic carbocycles. The zero-order chi connectivity index (χ0) is 25.8. The monoisotopic (exact) mass is 496 g/mol. The topological polar surface area (TPSA) is 59.1 Å². The SMILES string of the molecule is COC(=O)C[C@H](C)N(Cc1ccc(Cl)cc1)c1ccc(N(C)C(=O)OC(C)(C)C)c2ccccc12. The number of carbonyl (C=O) groups is 2. The fourth-order valence-corrected chi connectivity index (χ4v) is 4.06. The summed E-state index contributed by atoms with van der Waals surface area (Å²) in [6.07, 6.45) is -0.190. The molecule has 0 radical (unpaired) electrons. The number of hydrogen-bond acceptors (Lipinski definition) is 5. The van der Waals surface area contributed by atoms with Crippen LogP contribution in [-0.4, -0.2) is 37.9 Å². The normalized spacial score (nSPS) is 12.2. The number of hydrogen-bond donors (Lipinski definition) is 0. The maximum Gasteiger partial charge on any atom is 0.414 e. The average Bonchev–Trinajstić information content (AvgIpc) is 2.81. The van der Waals surface area contributed by atoms with Crippen LogP contribution in [0.2, 0.25) is 5.02 Å². The van der Waals surface area contributed by atoms with E-state index in [0.29, 0.717) is 11.6 Å². The average molecular weight is 497 g/mol. The first-order valence-electron chi connectivity index (χ1n) is 11.6. The quantitative estimate of drug-likeness (QED) is 0.336. The molecule has 0 unspecified atom stereocenters. The highest BCUT2D eigenvalue weighted by molar-refractivity contribution is 6.30. The smallest absolute Gasteiger partial charge is 0.414 e. The van der Waals surface area contributed by atoms with E-state index in [9.17, 15) is 9.59 Å². The zero-order valence-electron chi connectivity index (χ0n) is 21.2. The first-order chi connectivity index (χ1) is 16.5. The fraction of sp³-hybridized carbons (Fsp3) is 0.357. The van der Waals surface area contributed by atoms with Crippen LogP contribution in [0.15, 0.2) is 60.7 Å². The summed E-state index contributed by atoms with van der Waals surface area (Å²) < 4.78 is 10.5. The summed E-state index contributed by atoms with van der Waals surface area (Å²) in [6.45, 7) is 8.11. The molecule has 186 valence electrons. The van der Waals surface area contributed by atoms with E-state index in [-0.39, 0.29) is 18.4 Å². The number of amides is 1. The highest BCUT2D eigenvalue weighted by atomic mass is 35.5. The number of anilines is 2. The van der Waals surface area contributed by atoms with Gasteiger partial charge in [-0.3, -0.25) is 9.69 Å². The summed E-state index contributed by atoms with van der Waals surface area (Å²) >= 11 is 6.09. The summed E-state index contributed by atoms with van der Waals surface area (Å²) in [5.41, 5.74) is 2.16. The van der Waals surface area contributed by atoms with Crippen LogP contribution >= 0.6 is 11.6 Å². The van der Waals surface area contributed by atoms with Crippen molar-refractivity contribution in [1.29, 1.82) is 0 Å². The second-order valence-corrected chi connectivity index (χ2v) is 10.0. The summed E-state index contributed by atoms with van der Waals surface area (Å²) in [5.74, 6) is -0.274. The third kappa shape index (κ3) is 6.67. The molecule has 0 heterocycles. The molecule has 0 saturated carbocycles. The van der Waals surface area contributed by atoms with Crippen molar-refractivity contribution in [3.8, 4) is 0 Å². The molecule has 0 N–H and O–H groups in total. The van der Waals surface area contributed by atoms with Crippen LogP contribution in [-0.2, 0) is 20.8 Å². The lowest BCUT2D eigenvalue weighted by atomic mass is 10.0. The van der Waals surface area contributed by atoms with Crippen LogP contribution in [0.1, 0.15) is 39.7 Å². The third-order valence-electron chi connectivity index (χ3n) is 5.70. The fourth-order valence-electron chi connectivity index (χ4n) is 3.94. The van der Waals surface area contributed by atoms with Crippen molar-refractivity contribution < 1.29 is 19.1 Å². The molecule has 35 heavy (non-hydrogen) atoms. The minimum absolute atomic E-state index is 0.143. The maximum absolute atomic E-state index is 12.8. The van der Waals surface area contributed by atoms with E-state index in [4.69, 9.17) is 21.1 Å². The van der Waals surface area contributed by atoms with Crippen molar-refractivity contribution in [3.05, 3.63) is 71.2 Å². The van der Waals surface area contributed by atoms with E-state index in [1.54, 1.807) is 7.05 Å². The lowest BCUT2D eigenvalue weighted by molar-refractivity contribution is -0.140. The molecule has 0 aliphatic heterocycles. The summed E-state index contributed by atoms with van der Waals surface area (Å²) in [6, 6.07) is 19.4. The predicted molar refractivity (Wildman–Crippen MR) is 142 cm³/mol. The molecule has 1 amide bonds. The van der Waals surface area contributed by atoms with Crippen molar-refractivity contribution in [3.63, 3.8) is 0 Å². The van der Waals surface area contributed by atoms with Crippen molar-refractivity contribution in [2.75, 3.05) is 24.0 Å². The molecule has 3 aromatic carbocycles. The number of halogens is 1. The second-order valence-electron chi connectivity index (χ2n) is 9.57. The van der Waals surface area contributed by atoms with E-state index in [1.807, 2.05) is 88.4 Å². The first kappa shape index (κ1) is 26.4. The minimum atomic E-state index is -0.597. The molecule has 0 bridgehead atoms. The highest BCUT2D eigenvalue weighted by Gasteiger charge is 2.25. The second kappa shape index (κ2) is 11.0. The highest BCUT2D eigenvalue weighted by Crippen LogP contribution is 2.36. The van der Waals surface area contributed by atoms with Gasteiger partial charge in [0.2, 0.25) is 0 Å². The molecule has 3 aromatic rings.